The van der Waals surface area contributed by atoms with Crippen molar-refractivity contribution in [2.45, 2.75) is 65.2 Å². The largest absolute Gasteiger partial charge is 0.458 e. The third-order valence-corrected chi connectivity index (χ3v) is 7.72. The quantitative estimate of drug-likeness (QED) is 0.447. The van der Waals surface area contributed by atoms with Gasteiger partial charge in [0.1, 0.15) is 6.10 Å². The number of halogens is 2. The first-order chi connectivity index (χ1) is 14.1. The lowest BCUT2D eigenvalue weighted by molar-refractivity contribution is -0.159. The van der Waals surface area contributed by atoms with Crippen molar-refractivity contribution in [2.24, 2.45) is 23.7 Å². The van der Waals surface area contributed by atoms with E-state index in [-0.39, 0.29) is 23.9 Å². The topological polar surface area (TPSA) is 58.6 Å². The molecule has 0 radical (unpaired) electrons. The van der Waals surface area contributed by atoms with Gasteiger partial charge in [-0.15, -0.1) is 0 Å². The van der Waals surface area contributed by atoms with E-state index >= 15 is 0 Å². The maximum absolute atomic E-state index is 11.7. The lowest BCUT2D eigenvalue weighted by Gasteiger charge is -2.53. The number of aliphatic hydroxyl groups is 1. The molecule has 6 heteroatoms. The average Bonchev–Trinajstić information content (AvgIpc) is 2.66. The van der Waals surface area contributed by atoms with Crippen LogP contribution in [-0.2, 0) is 16.1 Å². The molecule has 1 aromatic rings. The van der Waals surface area contributed by atoms with Gasteiger partial charge in [-0.2, -0.15) is 0 Å². The van der Waals surface area contributed by atoms with E-state index in [2.05, 4.69) is 25.2 Å². The van der Waals surface area contributed by atoms with E-state index in [4.69, 9.17) is 27.9 Å². The van der Waals surface area contributed by atoms with Gasteiger partial charge in [0.2, 0.25) is 0 Å². The highest BCUT2D eigenvalue weighted by Gasteiger charge is 2.52. The summed E-state index contributed by atoms with van der Waals surface area (Å²) in [6.07, 6.45) is 4.37. The van der Waals surface area contributed by atoms with Gasteiger partial charge in [-0.05, 0) is 73.4 Å². The molecule has 30 heavy (non-hydrogen) atoms. The van der Waals surface area contributed by atoms with Crippen LogP contribution in [0.25, 0.3) is 0 Å². The van der Waals surface area contributed by atoms with E-state index < -0.39 is 5.60 Å². The van der Waals surface area contributed by atoms with Crippen LogP contribution in [0.4, 0.5) is 0 Å². The van der Waals surface area contributed by atoms with Crippen molar-refractivity contribution < 1.29 is 14.6 Å². The number of benzene rings is 1. The van der Waals surface area contributed by atoms with Crippen LogP contribution in [0.5, 0.6) is 0 Å². The molecule has 3 rings (SSSR count). The maximum atomic E-state index is 11.7. The van der Waals surface area contributed by atoms with Crippen LogP contribution in [0.3, 0.4) is 0 Å². The fourth-order valence-electron chi connectivity index (χ4n) is 5.26. The Morgan fingerprint density at radius 3 is 2.80 bits per heavy atom. The molecule has 6 atom stereocenters. The summed E-state index contributed by atoms with van der Waals surface area (Å²) < 4.78 is 5.49. The number of ether oxygens (including phenoxy) is 1. The number of nitrogens with one attached hydrogen (secondary N) is 1. The number of rotatable bonds is 6. The Morgan fingerprint density at radius 2 is 2.10 bits per heavy atom. The predicted octanol–water partition coefficient (Wildman–Crippen LogP) is 5.39. The predicted molar refractivity (Wildman–Crippen MR) is 122 cm³/mol. The summed E-state index contributed by atoms with van der Waals surface area (Å²) in [6, 6.07) is 5.51. The second kappa shape index (κ2) is 9.60. The highest BCUT2D eigenvalue weighted by Crippen LogP contribution is 2.51. The molecule has 0 aromatic heterocycles. The lowest BCUT2D eigenvalue weighted by atomic mass is 9.57. The van der Waals surface area contributed by atoms with Crippen LogP contribution >= 0.6 is 23.2 Å². The normalized spacial score (nSPS) is 32.2. The lowest BCUT2D eigenvalue weighted by Crippen LogP contribution is -2.56. The molecule has 1 saturated carbocycles. The molecule has 1 aromatic carbocycles. The maximum Gasteiger partial charge on any atom is 0.303 e. The molecule has 2 N–H and O–H groups in total. The van der Waals surface area contributed by atoms with Crippen molar-refractivity contribution >= 4 is 29.2 Å². The van der Waals surface area contributed by atoms with Crippen LogP contribution in [-0.4, -0.2) is 29.3 Å². The van der Waals surface area contributed by atoms with Crippen LogP contribution in [0.15, 0.2) is 29.8 Å². The molecule has 2 aliphatic carbocycles. The third kappa shape index (κ3) is 5.04. The Kier molecular flexibility index (Phi) is 7.55. The van der Waals surface area contributed by atoms with Gasteiger partial charge in [-0.25, -0.2) is 0 Å². The molecule has 1 fully saturated rings. The van der Waals surface area contributed by atoms with E-state index in [1.54, 1.807) is 6.07 Å². The van der Waals surface area contributed by atoms with Crippen molar-refractivity contribution in [3.05, 3.63) is 45.5 Å². The number of carbonyl (C=O) groups excluding carboxylic acids is 1. The Labute approximate surface area is 190 Å². The standard InChI is InChI=1S/C24H33Cl2NO3/c1-14-9-21-20(7-5-16(3)24(21,29)11-23(14)30-17(4)28)15(2)12-27-13-18-10-19(25)6-8-22(18)26/h6,8-10,15-16,20-21,23,27,29H,5,7,11-13H2,1-4H3/t15-,16-,20+,21-,23-,24-/m1/s1. The summed E-state index contributed by atoms with van der Waals surface area (Å²) in [4.78, 5) is 11.5. The van der Waals surface area contributed by atoms with Gasteiger partial charge in [0.25, 0.3) is 0 Å². The SMILES string of the molecule is CC(=O)O[C@@H]1C[C@@]2(O)[C@H](C)CC[C@@H]([C@H](C)CNCc3cc(Cl)ccc3Cl)[C@H]2C=C1C. The highest BCUT2D eigenvalue weighted by molar-refractivity contribution is 6.33. The van der Waals surface area contributed by atoms with Gasteiger partial charge >= 0.3 is 5.97 Å². The summed E-state index contributed by atoms with van der Waals surface area (Å²) in [7, 11) is 0. The molecular weight excluding hydrogens is 421 g/mol. The summed E-state index contributed by atoms with van der Waals surface area (Å²) in [5.41, 5.74) is 1.19. The minimum Gasteiger partial charge on any atom is -0.458 e. The molecule has 0 spiro atoms. The smallest absolute Gasteiger partial charge is 0.303 e. The summed E-state index contributed by atoms with van der Waals surface area (Å²) >= 11 is 12.4. The minimum absolute atomic E-state index is 0.0691. The van der Waals surface area contributed by atoms with E-state index in [1.807, 2.05) is 19.1 Å². The second-order valence-corrected chi connectivity index (χ2v) is 10.1. The number of hydrogen-bond donors (Lipinski definition) is 2. The summed E-state index contributed by atoms with van der Waals surface area (Å²) in [5.74, 6) is 0.682. The second-order valence-electron chi connectivity index (χ2n) is 9.22. The van der Waals surface area contributed by atoms with Crippen molar-refractivity contribution in [3.63, 3.8) is 0 Å². The van der Waals surface area contributed by atoms with Gasteiger partial charge in [0.05, 0.1) is 5.60 Å². The molecular formula is C24H33Cl2NO3. The Balaban J connectivity index is 1.70. The zero-order valence-corrected chi connectivity index (χ0v) is 19.8. The van der Waals surface area contributed by atoms with Crippen molar-refractivity contribution in [1.29, 1.82) is 0 Å². The van der Waals surface area contributed by atoms with Gasteiger partial charge < -0.3 is 15.2 Å². The zero-order valence-electron chi connectivity index (χ0n) is 18.3. The van der Waals surface area contributed by atoms with E-state index in [0.717, 1.165) is 30.5 Å². The first kappa shape index (κ1) is 23.6. The first-order valence-corrected chi connectivity index (χ1v) is 11.6. The highest BCUT2D eigenvalue weighted by atomic mass is 35.5. The number of fused-ring (bicyclic) bond motifs is 1. The Morgan fingerprint density at radius 1 is 1.37 bits per heavy atom. The average molecular weight is 454 g/mol. The van der Waals surface area contributed by atoms with Gasteiger partial charge in [-0.1, -0.05) is 43.1 Å². The van der Waals surface area contributed by atoms with E-state index in [9.17, 15) is 9.90 Å². The van der Waals surface area contributed by atoms with Crippen molar-refractivity contribution in [2.75, 3.05) is 6.54 Å². The van der Waals surface area contributed by atoms with E-state index in [1.165, 1.54) is 6.92 Å². The molecule has 2 aliphatic rings. The molecule has 0 unspecified atom stereocenters. The minimum atomic E-state index is -0.840. The number of esters is 1. The van der Waals surface area contributed by atoms with Crippen LogP contribution in [0.1, 0.15) is 52.5 Å². The number of hydrogen-bond acceptors (Lipinski definition) is 4. The van der Waals surface area contributed by atoms with Crippen molar-refractivity contribution in [1.82, 2.24) is 5.32 Å². The fourth-order valence-corrected chi connectivity index (χ4v) is 5.64. The number of carbonyl (C=O) groups is 1. The molecule has 4 nitrogen and oxygen atoms in total. The van der Waals surface area contributed by atoms with E-state index in [0.29, 0.717) is 34.8 Å². The molecule has 0 heterocycles. The molecule has 166 valence electrons. The fraction of sp³-hybridized carbons (Fsp3) is 0.625. The first-order valence-electron chi connectivity index (χ1n) is 10.8. The van der Waals surface area contributed by atoms with Gasteiger partial charge in [-0.3, -0.25) is 4.79 Å². The van der Waals surface area contributed by atoms with Gasteiger partial charge in [0, 0.05) is 35.9 Å². The third-order valence-electron chi connectivity index (χ3n) is 7.12. The zero-order chi connectivity index (χ0) is 22.1. The van der Waals surface area contributed by atoms with Crippen LogP contribution in [0, 0.1) is 23.7 Å². The molecule has 0 saturated heterocycles. The summed E-state index contributed by atoms with van der Waals surface area (Å²) in [6.45, 7) is 9.28. The monoisotopic (exact) mass is 453 g/mol. The molecule has 0 aliphatic heterocycles. The van der Waals surface area contributed by atoms with Crippen LogP contribution < -0.4 is 5.32 Å². The van der Waals surface area contributed by atoms with Crippen LogP contribution in [0.2, 0.25) is 10.0 Å². The Bertz CT molecular complexity index is 812. The molecule has 0 bridgehead atoms. The van der Waals surface area contributed by atoms with Crippen molar-refractivity contribution in [3.8, 4) is 0 Å². The summed E-state index contributed by atoms with van der Waals surface area (Å²) in [5, 5.41) is 16.6. The van der Waals surface area contributed by atoms with Gasteiger partial charge in [0.15, 0.2) is 0 Å². The Hall–Kier alpha value is -1.07. The molecule has 0 amide bonds.